The van der Waals surface area contributed by atoms with E-state index in [2.05, 4.69) is 36.4 Å². The second-order valence-electron chi connectivity index (χ2n) is 6.02. The SMILES string of the molecule is c1ccc([C@H]2Oc3ccccc3-c3nc4ccccc4cc32)cc1. The summed E-state index contributed by atoms with van der Waals surface area (Å²) >= 11 is 0. The number of hydrogen-bond donors (Lipinski definition) is 0. The van der Waals surface area contributed by atoms with Crippen LogP contribution in [0.5, 0.6) is 5.75 Å². The molecule has 0 bridgehead atoms. The Morgan fingerprint density at radius 2 is 1.50 bits per heavy atom. The van der Waals surface area contributed by atoms with Gasteiger partial charge in [-0.05, 0) is 29.8 Å². The van der Waals surface area contributed by atoms with Gasteiger partial charge in [0.25, 0.3) is 0 Å². The van der Waals surface area contributed by atoms with E-state index in [0.29, 0.717) is 0 Å². The number of ether oxygens (including phenoxy) is 1. The van der Waals surface area contributed by atoms with Crippen molar-refractivity contribution in [3.63, 3.8) is 0 Å². The Morgan fingerprint density at radius 3 is 2.42 bits per heavy atom. The zero-order chi connectivity index (χ0) is 15.9. The zero-order valence-electron chi connectivity index (χ0n) is 13.0. The predicted molar refractivity (Wildman–Crippen MR) is 96.1 cm³/mol. The molecule has 2 heteroatoms. The number of nitrogens with zero attached hydrogens (tertiary/aromatic N) is 1. The number of para-hydroxylation sites is 2. The van der Waals surface area contributed by atoms with Gasteiger partial charge in [0.05, 0.1) is 11.2 Å². The second kappa shape index (κ2) is 5.20. The third-order valence-corrected chi connectivity index (χ3v) is 4.53. The van der Waals surface area contributed by atoms with Gasteiger partial charge in [-0.25, -0.2) is 4.98 Å². The summed E-state index contributed by atoms with van der Waals surface area (Å²) in [6.07, 6.45) is -0.131. The fourth-order valence-corrected chi connectivity index (χ4v) is 3.38. The van der Waals surface area contributed by atoms with E-state index >= 15 is 0 Å². The molecule has 0 aliphatic carbocycles. The van der Waals surface area contributed by atoms with E-state index in [1.54, 1.807) is 0 Å². The molecule has 0 radical (unpaired) electrons. The number of hydrogen-bond acceptors (Lipinski definition) is 2. The Morgan fingerprint density at radius 1 is 0.750 bits per heavy atom. The van der Waals surface area contributed by atoms with Gasteiger partial charge in [0, 0.05) is 16.5 Å². The molecule has 0 amide bonds. The fraction of sp³-hybridized carbons (Fsp3) is 0.0455. The lowest BCUT2D eigenvalue weighted by Gasteiger charge is -2.28. The van der Waals surface area contributed by atoms with Gasteiger partial charge in [0.15, 0.2) is 6.10 Å². The van der Waals surface area contributed by atoms with Crippen LogP contribution < -0.4 is 4.74 Å². The Kier molecular flexibility index (Phi) is 2.89. The Labute approximate surface area is 140 Å². The van der Waals surface area contributed by atoms with Crippen molar-refractivity contribution < 1.29 is 4.74 Å². The van der Waals surface area contributed by atoms with Gasteiger partial charge in [0.2, 0.25) is 0 Å². The van der Waals surface area contributed by atoms with Crippen LogP contribution in [0.25, 0.3) is 22.2 Å². The summed E-state index contributed by atoms with van der Waals surface area (Å²) in [5, 5.41) is 1.14. The van der Waals surface area contributed by atoms with Gasteiger partial charge in [0.1, 0.15) is 5.75 Å². The van der Waals surface area contributed by atoms with Gasteiger partial charge in [-0.15, -0.1) is 0 Å². The van der Waals surface area contributed by atoms with Gasteiger partial charge in [-0.1, -0.05) is 60.7 Å². The standard InChI is InChI=1S/C22H15NO/c1-2-8-15(9-3-1)22-18-14-16-10-4-6-12-19(16)23-21(18)17-11-5-7-13-20(17)24-22/h1-14,22H/t22-/m1/s1. The molecule has 2 heterocycles. The molecule has 1 atom stereocenters. The third kappa shape index (κ3) is 2.00. The average molecular weight is 309 g/mol. The Bertz CT molecular complexity index is 1040. The van der Waals surface area contributed by atoms with Crippen LogP contribution >= 0.6 is 0 Å². The highest BCUT2D eigenvalue weighted by atomic mass is 16.5. The first-order valence-corrected chi connectivity index (χ1v) is 8.11. The summed E-state index contributed by atoms with van der Waals surface area (Å²) in [5.41, 5.74) is 5.36. The molecule has 0 spiro atoms. The van der Waals surface area contributed by atoms with E-state index in [4.69, 9.17) is 9.72 Å². The number of benzene rings is 3. The molecule has 1 aliphatic rings. The smallest absolute Gasteiger partial charge is 0.151 e. The van der Waals surface area contributed by atoms with Crippen LogP contribution in [-0.2, 0) is 0 Å². The molecular weight excluding hydrogens is 294 g/mol. The normalized spacial score (nSPS) is 15.4. The molecule has 114 valence electrons. The molecule has 1 aliphatic heterocycles. The second-order valence-corrected chi connectivity index (χ2v) is 6.02. The van der Waals surface area contributed by atoms with E-state index < -0.39 is 0 Å². The number of fused-ring (bicyclic) bond motifs is 4. The highest BCUT2D eigenvalue weighted by Gasteiger charge is 2.28. The lowest BCUT2D eigenvalue weighted by Crippen LogP contribution is -2.16. The Hall–Kier alpha value is -3.13. The van der Waals surface area contributed by atoms with Crippen molar-refractivity contribution in [2.24, 2.45) is 0 Å². The molecule has 0 N–H and O–H groups in total. The quantitative estimate of drug-likeness (QED) is 0.471. The molecule has 0 fully saturated rings. The van der Waals surface area contributed by atoms with Gasteiger partial charge in [-0.3, -0.25) is 0 Å². The molecule has 24 heavy (non-hydrogen) atoms. The first-order chi connectivity index (χ1) is 11.9. The lowest BCUT2D eigenvalue weighted by atomic mass is 9.92. The van der Waals surface area contributed by atoms with Crippen LogP contribution in [0.2, 0.25) is 0 Å². The minimum Gasteiger partial charge on any atom is -0.480 e. The number of rotatable bonds is 1. The molecule has 0 saturated carbocycles. The molecule has 0 unspecified atom stereocenters. The topological polar surface area (TPSA) is 22.1 Å². The third-order valence-electron chi connectivity index (χ3n) is 4.53. The van der Waals surface area contributed by atoms with Gasteiger partial charge < -0.3 is 4.74 Å². The minimum absolute atomic E-state index is 0.131. The first-order valence-electron chi connectivity index (χ1n) is 8.11. The van der Waals surface area contributed by atoms with Crippen LogP contribution in [0, 0.1) is 0 Å². The maximum absolute atomic E-state index is 6.35. The molecule has 3 aromatic carbocycles. The molecule has 2 nitrogen and oxygen atoms in total. The van der Waals surface area contributed by atoms with Crippen molar-refractivity contribution in [2.75, 3.05) is 0 Å². The van der Waals surface area contributed by atoms with Gasteiger partial charge in [-0.2, -0.15) is 0 Å². The Balaban J connectivity index is 1.82. The number of pyridine rings is 1. The van der Waals surface area contributed by atoms with Crippen molar-refractivity contribution in [3.05, 3.63) is 96.1 Å². The lowest BCUT2D eigenvalue weighted by molar-refractivity contribution is 0.243. The fourth-order valence-electron chi connectivity index (χ4n) is 3.38. The first kappa shape index (κ1) is 13.3. The summed E-state index contributed by atoms with van der Waals surface area (Å²) in [6, 6.07) is 28.9. The minimum atomic E-state index is -0.131. The van der Waals surface area contributed by atoms with Crippen LogP contribution in [0.15, 0.2) is 84.9 Å². The summed E-state index contributed by atoms with van der Waals surface area (Å²) in [7, 11) is 0. The number of aromatic nitrogens is 1. The highest BCUT2D eigenvalue weighted by molar-refractivity contribution is 5.85. The largest absolute Gasteiger partial charge is 0.480 e. The van der Waals surface area contributed by atoms with Crippen LogP contribution in [0.3, 0.4) is 0 Å². The molecule has 1 aromatic heterocycles. The van der Waals surface area contributed by atoms with E-state index in [9.17, 15) is 0 Å². The predicted octanol–water partition coefficient (Wildman–Crippen LogP) is 5.38. The van der Waals surface area contributed by atoms with Crippen molar-refractivity contribution in [3.8, 4) is 17.0 Å². The van der Waals surface area contributed by atoms with Crippen LogP contribution in [-0.4, -0.2) is 4.98 Å². The summed E-state index contributed by atoms with van der Waals surface area (Å²) in [6.45, 7) is 0. The van der Waals surface area contributed by atoms with Crippen molar-refractivity contribution in [2.45, 2.75) is 6.10 Å². The average Bonchev–Trinajstić information content (AvgIpc) is 2.66. The van der Waals surface area contributed by atoms with E-state index in [0.717, 1.165) is 39.0 Å². The van der Waals surface area contributed by atoms with Crippen molar-refractivity contribution >= 4 is 10.9 Å². The van der Waals surface area contributed by atoms with Crippen molar-refractivity contribution in [1.82, 2.24) is 4.98 Å². The monoisotopic (exact) mass is 309 g/mol. The maximum atomic E-state index is 6.35. The van der Waals surface area contributed by atoms with E-state index in [1.807, 2.05) is 48.5 Å². The van der Waals surface area contributed by atoms with Crippen LogP contribution in [0.4, 0.5) is 0 Å². The molecule has 5 rings (SSSR count). The zero-order valence-corrected chi connectivity index (χ0v) is 13.0. The van der Waals surface area contributed by atoms with E-state index in [1.165, 1.54) is 0 Å². The summed E-state index contributed by atoms with van der Waals surface area (Å²) < 4.78 is 6.35. The van der Waals surface area contributed by atoms with Crippen molar-refractivity contribution in [1.29, 1.82) is 0 Å². The maximum Gasteiger partial charge on any atom is 0.151 e. The molecule has 4 aromatic rings. The van der Waals surface area contributed by atoms with Crippen LogP contribution in [0.1, 0.15) is 17.2 Å². The van der Waals surface area contributed by atoms with E-state index in [-0.39, 0.29) is 6.10 Å². The molecule has 0 saturated heterocycles. The summed E-state index contributed by atoms with van der Waals surface area (Å²) in [5.74, 6) is 0.890. The molecular formula is C22H15NO. The summed E-state index contributed by atoms with van der Waals surface area (Å²) in [4.78, 5) is 4.95. The highest BCUT2D eigenvalue weighted by Crippen LogP contribution is 2.44. The van der Waals surface area contributed by atoms with Gasteiger partial charge >= 0.3 is 0 Å².